The van der Waals surface area contributed by atoms with Crippen LogP contribution in [0.25, 0.3) is 0 Å². The van der Waals surface area contributed by atoms with Crippen LogP contribution in [0.2, 0.25) is 0 Å². The molecule has 2 nitrogen and oxygen atoms in total. The quantitative estimate of drug-likeness (QED) is 0.710. The van der Waals surface area contributed by atoms with E-state index in [2.05, 4.69) is 34.1 Å². The Morgan fingerprint density at radius 1 is 1.19 bits per heavy atom. The molecule has 21 heavy (non-hydrogen) atoms. The minimum absolute atomic E-state index is 0.449. The van der Waals surface area contributed by atoms with Crippen molar-refractivity contribution >= 4 is 27.5 Å². The Kier molecular flexibility index (Phi) is 4.71. The van der Waals surface area contributed by atoms with E-state index in [1.54, 1.807) is 0 Å². The summed E-state index contributed by atoms with van der Waals surface area (Å²) in [6, 6.07) is 12.3. The van der Waals surface area contributed by atoms with Crippen LogP contribution >= 0.6 is 27.5 Å². The molecule has 110 valence electrons. The zero-order valence-corrected chi connectivity index (χ0v) is 13.9. The summed E-state index contributed by atoms with van der Waals surface area (Å²) in [5.41, 5.74) is 3.59. The van der Waals surface area contributed by atoms with Crippen molar-refractivity contribution in [2.75, 3.05) is 13.2 Å². The maximum absolute atomic E-state index is 5.95. The molecule has 2 aromatic rings. The van der Waals surface area contributed by atoms with Crippen molar-refractivity contribution in [3.8, 4) is 11.5 Å². The summed E-state index contributed by atoms with van der Waals surface area (Å²) in [5.74, 6) is 2.33. The average Bonchev–Trinajstić information content (AvgIpc) is 2.96. The van der Waals surface area contributed by atoms with Gasteiger partial charge < -0.3 is 9.47 Å². The first-order valence-electron chi connectivity index (χ1n) is 6.98. The third kappa shape index (κ3) is 3.53. The third-order valence-electron chi connectivity index (χ3n) is 3.57. The van der Waals surface area contributed by atoms with Crippen LogP contribution in [-0.2, 0) is 18.7 Å². The fourth-order valence-corrected chi connectivity index (χ4v) is 3.08. The minimum atomic E-state index is 0.449. The van der Waals surface area contributed by atoms with Crippen molar-refractivity contribution in [2.24, 2.45) is 0 Å². The maximum Gasteiger partial charge on any atom is 0.123 e. The van der Waals surface area contributed by atoms with Crippen molar-refractivity contribution in [3.05, 3.63) is 57.6 Å². The van der Waals surface area contributed by atoms with Gasteiger partial charge in [-0.2, -0.15) is 0 Å². The molecule has 0 aliphatic carbocycles. The molecule has 0 saturated carbocycles. The molecule has 3 rings (SSSR count). The molecule has 0 radical (unpaired) electrons. The largest absolute Gasteiger partial charge is 0.493 e. The molecule has 0 unspecified atom stereocenters. The first-order valence-corrected chi connectivity index (χ1v) is 8.31. The van der Waals surface area contributed by atoms with Crippen LogP contribution in [-0.4, -0.2) is 13.2 Å². The van der Waals surface area contributed by atoms with Crippen LogP contribution < -0.4 is 9.47 Å². The van der Waals surface area contributed by atoms with Gasteiger partial charge in [0.2, 0.25) is 0 Å². The van der Waals surface area contributed by atoms with Crippen molar-refractivity contribution in [2.45, 2.75) is 18.7 Å². The summed E-state index contributed by atoms with van der Waals surface area (Å²) in [7, 11) is 0. The van der Waals surface area contributed by atoms with E-state index in [1.807, 2.05) is 18.2 Å². The molecule has 0 fully saturated rings. The van der Waals surface area contributed by atoms with Gasteiger partial charge in [-0.15, -0.1) is 11.6 Å². The molecule has 0 N–H and O–H groups in total. The normalized spacial score (nSPS) is 12.9. The van der Waals surface area contributed by atoms with Crippen molar-refractivity contribution in [1.29, 1.82) is 0 Å². The first kappa shape index (κ1) is 14.7. The highest BCUT2D eigenvalue weighted by molar-refractivity contribution is 9.10. The summed E-state index contributed by atoms with van der Waals surface area (Å²) < 4.78 is 12.4. The van der Waals surface area contributed by atoms with Gasteiger partial charge in [-0.25, -0.2) is 0 Å². The van der Waals surface area contributed by atoms with Crippen LogP contribution in [0.3, 0.4) is 0 Å². The Bertz CT molecular complexity index is 643. The van der Waals surface area contributed by atoms with Gasteiger partial charge >= 0.3 is 0 Å². The Labute approximate surface area is 138 Å². The summed E-state index contributed by atoms with van der Waals surface area (Å²) >= 11 is 9.39. The van der Waals surface area contributed by atoms with Crippen LogP contribution in [0.15, 0.2) is 40.9 Å². The smallest absolute Gasteiger partial charge is 0.123 e. The summed E-state index contributed by atoms with van der Waals surface area (Å²) in [5, 5.41) is 0. The Morgan fingerprint density at radius 3 is 2.95 bits per heavy atom. The van der Waals surface area contributed by atoms with Gasteiger partial charge in [-0.1, -0.05) is 28.1 Å². The predicted molar refractivity (Wildman–Crippen MR) is 88.5 cm³/mol. The molecule has 2 aromatic carbocycles. The fourth-order valence-electron chi connectivity index (χ4n) is 2.47. The van der Waals surface area contributed by atoms with Gasteiger partial charge in [0, 0.05) is 22.9 Å². The molecule has 0 bridgehead atoms. The van der Waals surface area contributed by atoms with E-state index in [1.165, 1.54) is 11.1 Å². The van der Waals surface area contributed by atoms with E-state index in [-0.39, 0.29) is 0 Å². The van der Waals surface area contributed by atoms with Gasteiger partial charge in [-0.05, 0) is 35.4 Å². The number of benzene rings is 2. The second kappa shape index (κ2) is 6.71. The lowest BCUT2D eigenvalue weighted by Crippen LogP contribution is -2.03. The SMILES string of the molecule is ClCc1cc(Br)ccc1OCCc1ccc2c(c1)CCO2. The van der Waals surface area contributed by atoms with Gasteiger partial charge in [-0.3, -0.25) is 0 Å². The van der Waals surface area contributed by atoms with Crippen molar-refractivity contribution in [3.63, 3.8) is 0 Å². The second-order valence-corrected chi connectivity index (χ2v) is 6.21. The highest BCUT2D eigenvalue weighted by atomic mass is 79.9. The van der Waals surface area contributed by atoms with E-state index in [9.17, 15) is 0 Å². The highest BCUT2D eigenvalue weighted by Crippen LogP contribution is 2.27. The highest BCUT2D eigenvalue weighted by Gasteiger charge is 2.12. The Morgan fingerprint density at radius 2 is 2.10 bits per heavy atom. The predicted octanol–water partition coefficient (Wildman–Crippen LogP) is 4.74. The van der Waals surface area contributed by atoms with E-state index in [0.717, 1.165) is 41.0 Å². The van der Waals surface area contributed by atoms with Crippen LogP contribution in [0.1, 0.15) is 16.7 Å². The molecule has 1 aliphatic rings. The molecule has 0 aromatic heterocycles. The van der Waals surface area contributed by atoms with Crippen LogP contribution in [0.5, 0.6) is 11.5 Å². The van der Waals surface area contributed by atoms with Crippen molar-refractivity contribution < 1.29 is 9.47 Å². The van der Waals surface area contributed by atoms with E-state index in [0.29, 0.717) is 12.5 Å². The zero-order chi connectivity index (χ0) is 14.7. The molecule has 0 saturated heterocycles. The summed E-state index contributed by atoms with van der Waals surface area (Å²) in [4.78, 5) is 0. The number of ether oxygens (including phenoxy) is 2. The van der Waals surface area contributed by atoms with Crippen LogP contribution in [0, 0.1) is 0 Å². The maximum atomic E-state index is 5.95. The topological polar surface area (TPSA) is 18.5 Å². The summed E-state index contributed by atoms with van der Waals surface area (Å²) in [6.07, 6.45) is 1.89. The van der Waals surface area contributed by atoms with E-state index in [4.69, 9.17) is 21.1 Å². The van der Waals surface area contributed by atoms with Crippen molar-refractivity contribution in [1.82, 2.24) is 0 Å². The third-order valence-corrected chi connectivity index (χ3v) is 4.35. The standard InChI is InChI=1S/C17H16BrClO2/c18-15-2-4-17(14(10-15)11-19)20-7-5-12-1-3-16-13(9-12)6-8-21-16/h1-4,9-10H,5-8,11H2. The number of halogens is 2. The number of rotatable bonds is 5. The Hall–Kier alpha value is -1.19. The Balaban J connectivity index is 1.61. The molecule has 0 atom stereocenters. The first-order chi connectivity index (χ1) is 10.3. The monoisotopic (exact) mass is 366 g/mol. The van der Waals surface area contributed by atoms with Crippen LogP contribution in [0.4, 0.5) is 0 Å². The number of alkyl halides is 1. The lowest BCUT2D eigenvalue weighted by Gasteiger charge is -2.11. The molecule has 4 heteroatoms. The molecular formula is C17H16BrClO2. The summed E-state index contributed by atoms with van der Waals surface area (Å²) in [6.45, 7) is 1.44. The molecule has 1 aliphatic heterocycles. The fraction of sp³-hybridized carbons (Fsp3) is 0.294. The van der Waals surface area contributed by atoms with Gasteiger partial charge in [0.1, 0.15) is 11.5 Å². The van der Waals surface area contributed by atoms with Gasteiger partial charge in [0.15, 0.2) is 0 Å². The number of fused-ring (bicyclic) bond motifs is 1. The molecule has 1 heterocycles. The number of hydrogen-bond donors (Lipinski definition) is 0. The van der Waals surface area contributed by atoms with Gasteiger partial charge in [0.05, 0.1) is 19.1 Å². The minimum Gasteiger partial charge on any atom is -0.493 e. The lowest BCUT2D eigenvalue weighted by molar-refractivity contribution is 0.319. The lowest BCUT2D eigenvalue weighted by atomic mass is 10.1. The van der Waals surface area contributed by atoms with E-state index < -0.39 is 0 Å². The molecule has 0 spiro atoms. The van der Waals surface area contributed by atoms with E-state index >= 15 is 0 Å². The average molecular weight is 368 g/mol. The van der Waals surface area contributed by atoms with Gasteiger partial charge in [0.25, 0.3) is 0 Å². The number of hydrogen-bond acceptors (Lipinski definition) is 2. The molecule has 0 amide bonds. The zero-order valence-electron chi connectivity index (χ0n) is 11.6. The molecular weight excluding hydrogens is 352 g/mol. The second-order valence-electron chi connectivity index (χ2n) is 5.02.